The van der Waals surface area contributed by atoms with Crippen LogP contribution in [0.3, 0.4) is 0 Å². The Morgan fingerprint density at radius 1 is 1.54 bits per heavy atom. The van der Waals surface area contributed by atoms with Crippen LogP contribution in [-0.2, 0) is 20.9 Å². The quantitative estimate of drug-likeness (QED) is 0.670. The normalized spacial score (nSPS) is 31.1. The van der Waals surface area contributed by atoms with Crippen LogP contribution >= 0.6 is 6.64 Å². The van der Waals surface area contributed by atoms with Crippen molar-refractivity contribution in [2.45, 2.75) is 33.2 Å². The lowest BCUT2D eigenvalue weighted by molar-refractivity contribution is 0.233. The molecule has 1 aliphatic rings. The first-order chi connectivity index (χ1) is 5.90. The van der Waals surface area contributed by atoms with E-state index in [1.165, 1.54) is 0 Å². The van der Waals surface area contributed by atoms with Gasteiger partial charge in [0, 0.05) is 12.1 Å². The molecule has 1 rings (SSSR count). The van der Waals surface area contributed by atoms with E-state index in [9.17, 15) is 0 Å². The summed E-state index contributed by atoms with van der Waals surface area (Å²) in [6.07, 6.45) is 0. The second kappa shape index (κ2) is 3.95. The van der Waals surface area contributed by atoms with E-state index in [2.05, 4.69) is 25.4 Å². The van der Waals surface area contributed by atoms with Gasteiger partial charge in [-0.15, -0.1) is 0 Å². The Hall–Kier alpha value is 0.530. The monoisotopic (exact) mass is 223 g/mol. The van der Waals surface area contributed by atoms with Gasteiger partial charge < -0.3 is 9.05 Å². The Morgan fingerprint density at radius 3 is 2.62 bits per heavy atom. The van der Waals surface area contributed by atoms with Gasteiger partial charge in [-0.3, -0.25) is 0 Å². The summed E-state index contributed by atoms with van der Waals surface area (Å²) in [7, 11) is 0. The number of hydrogen-bond donors (Lipinski definition) is 0. The molecule has 0 aromatic carbocycles. The van der Waals surface area contributed by atoms with E-state index in [1.54, 1.807) is 0 Å². The van der Waals surface area contributed by atoms with Gasteiger partial charge in [0.25, 0.3) is 6.64 Å². The van der Waals surface area contributed by atoms with Crippen LogP contribution in [0.1, 0.15) is 27.7 Å². The molecule has 0 saturated carbocycles. The van der Waals surface area contributed by atoms with Crippen molar-refractivity contribution in [1.29, 1.82) is 0 Å². The fourth-order valence-corrected chi connectivity index (χ4v) is 4.98. The van der Waals surface area contributed by atoms with Gasteiger partial charge >= 0.3 is 0 Å². The third-order valence-corrected chi connectivity index (χ3v) is 5.63. The van der Waals surface area contributed by atoms with Crippen LogP contribution in [0.25, 0.3) is 0 Å². The maximum atomic E-state index is 5.56. The van der Waals surface area contributed by atoms with Crippen molar-refractivity contribution in [3.8, 4) is 0 Å². The fourth-order valence-electron chi connectivity index (χ4n) is 1.41. The van der Waals surface area contributed by atoms with Gasteiger partial charge in [-0.2, -0.15) is 0 Å². The first-order valence-corrected chi connectivity index (χ1v) is 7.16. The summed E-state index contributed by atoms with van der Waals surface area (Å²) in [5.74, 6) is 0. The zero-order valence-electron chi connectivity index (χ0n) is 8.74. The van der Waals surface area contributed by atoms with E-state index in [1.807, 2.05) is 6.92 Å². The first-order valence-electron chi connectivity index (χ1n) is 4.57. The van der Waals surface area contributed by atoms with Gasteiger partial charge in [0.05, 0.1) is 13.2 Å². The molecule has 1 atom stereocenters. The molecule has 0 aromatic heterocycles. The van der Waals surface area contributed by atoms with Gasteiger partial charge in [-0.25, -0.2) is 4.67 Å². The third kappa shape index (κ3) is 2.51. The van der Waals surface area contributed by atoms with Crippen molar-refractivity contribution in [3.05, 3.63) is 0 Å². The van der Waals surface area contributed by atoms with Crippen LogP contribution in [-0.4, -0.2) is 30.0 Å². The highest BCUT2D eigenvalue weighted by molar-refractivity contribution is 8.08. The molecule has 5 heteroatoms. The van der Waals surface area contributed by atoms with Crippen LogP contribution < -0.4 is 0 Å². The molecule has 1 saturated heterocycles. The summed E-state index contributed by atoms with van der Waals surface area (Å²) in [4.78, 5) is 0. The average Bonchev–Trinajstić information content (AvgIpc) is 2.30. The van der Waals surface area contributed by atoms with Gasteiger partial charge in [0.1, 0.15) is 0 Å². The summed E-state index contributed by atoms with van der Waals surface area (Å²) in [5.41, 5.74) is 0.0429. The van der Waals surface area contributed by atoms with Crippen molar-refractivity contribution in [1.82, 2.24) is 4.67 Å². The predicted molar refractivity (Wildman–Crippen MR) is 58.3 cm³/mol. The molecule has 3 nitrogen and oxygen atoms in total. The third-order valence-electron chi connectivity index (χ3n) is 1.92. The molecule has 1 unspecified atom stereocenters. The molecule has 13 heavy (non-hydrogen) atoms. The van der Waals surface area contributed by atoms with Crippen LogP contribution in [0, 0.1) is 0 Å². The predicted octanol–water partition coefficient (Wildman–Crippen LogP) is 2.38. The SMILES string of the molecule is CCOP1(=S)OCCN1C(C)(C)C. The molecule has 0 aromatic rings. The van der Waals surface area contributed by atoms with Crippen LogP contribution in [0.5, 0.6) is 0 Å². The van der Waals surface area contributed by atoms with Crippen molar-refractivity contribution >= 4 is 18.4 Å². The topological polar surface area (TPSA) is 21.7 Å². The summed E-state index contributed by atoms with van der Waals surface area (Å²) < 4.78 is 13.3. The first kappa shape index (κ1) is 11.6. The lowest BCUT2D eigenvalue weighted by Gasteiger charge is -2.36. The summed E-state index contributed by atoms with van der Waals surface area (Å²) in [6, 6.07) is 0. The van der Waals surface area contributed by atoms with Crippen molar-refractivity contribution < 1.29 is 9.05 Å². The van der Waals surface area contributed by atoms with E-state index in [0.29, 0.717) is 13.2 Å². The Bertz CT molecular complexity index is 227. The van der Waals surface area contributed by atoms with Crippen molar-refractivity contribution in [2.75, 3.05) is 19.8 Å². The molecule has 0 spiro atoms. The Kier molecular flexibility index (Phi) is 3.53. The lowest BCUT2D eigenvalue weighted by Crippen LogP contribution is -2.36. The minimum atomic E-state index is -2.14. The maximum Gasteiger partial charge on any atom is 0.264 e. The largest absolute Gasteiger partial charge is 0.318 e. The summed E-state index contributed by atoms with van der Waals surface area (Å²) in [6.45, 7) is 8.46. The molecule has 1 fully saturated rings. The molecule has 0 bridgehead atoms. The number of rotatable bonds is 2. The van der Waals surface area contributed by atoms with Crippen LogP contribution in [0.15, 0.2) is 0 Å². The Labute approximate surface area is 85.6 Å². The minimum Gasteiger partial charge on any atom is -0.318 e. The standard InChI is InChI=1S/C8H18NO2PS/c1-5-10-12(13)9(6-7-11-12)8(2,3)4/h5-7H2,1-4H3. The molecule has 0 radical (unpaired) electrons. The molecule has 0 N–H and O–H groups in total. The highest BCUT2D eigenvalue weighted by Crippen LogP contribution is 2.58. The molecule has 78 valence electrons. The number of hydrogen-bond acceptors (Lipinski definition) is 3. The zero-order valence-corrected chi connectivity index (χ0v) is 10.5. The highest BCUT2D eigenvalue weighted by Gasteiger charge is 2.40. The highest BCUT2D eigenvalue weighted by atomic mass is 32.5. The molecule has 1 heterocycles. The summed E-state index contributed by atoms with van der Waals surface area (Å²) >= 11 is 5.43. The van der Waals surface area contributed by atoms with Crippen LogP contribution in [0.2, 0.25) is 0 Å². The van der Waals surface area contributed by atoms with E-state index in [4.69, 9.17) is 20.9 Å². The molecule has 1 aliphatic heterocycles. The van der Waals surface area contributed by atoms with Crippen molar-refractivity contribution in [2.24, 2.45) is 0 Å². The average molecular weight is 223 g/mol. The number of nitrogens with zero attached hydrogens (tertiary/aromatic N) is 1. The van der Waals surface area contributed by atoms with E-state index in [-0.39, 0.29) is 5.54 Å². The molecular formula is C8H18NO2PS. The second-order valence-corrected chi connectivity index (χ2v) is 7.33. The smallest absolute Gasteiger partial charge is 0.264 e. The Balaban J connectivity index is 2.80. The van der Waals surface area contributed by atoms with Gasteiger partial charge in [-0.1, -0.05) is 0 Å². The minimum absolute atomic E-state index is 0.0429. The second-order valence-electron chi connectivity index (χ2n) is 4.01. The summed E-state index contributed by atoms with van der Waals surface area (Å²) in [5, 5.41) is 0. The fraction of sp³-hybridized carbons (Fsp3) is 1.00. The van der Waals surface area contributed by atoms with E-state index < -0.39 is 6.64 Å². The van der Waals surface area contributed by atoms with Gasteiger partial charge in [0.2, 0.25) is 0 Å². The molecular weight excluding hydrogens is 205 g/mol. The molecule has 0 aliphatic carbocycles. The van der Waals surface area contributed by atoms with E-state index in [0.717, 1.165) is 6.54 Å². The lowest BCUT2D eigenvalue weighted by atomic mass is 10.1. The van der Waals surface area contributed by atoms with Gasteiger partial charge in [0.15, 0.2) is 0 Å². The maximum absolute atomic E-state index is 5.56. The van der Waals surface area contributed by atoms with Gasteiger partial charge in [-0.05, 0) is 39.5 Å². The van der Waals surface area contributed by atoms with Crippen molar-refractivity contribution in [3.63, 3.8) is 0 Å². The Morgan fingerprint density at radius 2 is 2.15 bits per heavy atom. The van der Waals surface area contributed by atoms with E-state index >= 15 is 0 Å². The zero-order chi connectivity index (χ0) is 10.1. The van der Waals surface area contributed by atoms with Crippen LogP contribution in [0.4, 0.5) is 0 Å². The molecule has 0 amide bonds.